The van der Waals surface area contributed by atoms with Crippen LogP contribution in [-0.4, -0.2) is 7.11 Å². The molecule has 0 radical (unpaired) electrons. The molecule has 0 aliphatic carbocycles. The van der Waals surface area contributed by atoms with Crippen molar-refractivity contribution in [2.24, 2.45) is 0 Å². The van der Waals surface area contributed by atoms with E-state index in [1.165, 1.54) is 0 Å². The van der Waals surface area contributed by atoms with Crippen LogP contribution in [0.1, 0.15) is 11.1 Å². The van der Waals surface area contributed by atoms with Crippen LogP contribution in [0.4, 0.5) is 0 Å². The number of ether oxygens (including phenoxy) is 1. The molecule has 1 aromatic carbocycles. The first-order valence-corrected chi connectivity index (χ1v) is 4.32. The molecule has 0 aliphatic heterocycles. The maximum absolute atomic E-state index is 5.97. The summed E-state index contributed by atoms with van der Waals surface area (Å²) in [6, 6.07) is 1.83. The van der Waals surface area contributed by atoms with Crippen LogP contribution >= 0.6 is 23.2 Å². The minimum atomic E-state index is 0.591. The molecule has 0 N–H and O–H groups in total. The van der Waals surface area contributed by atoms with Crippen molar-refractivity contribution in [1.82, 2.24) is 0 Å². The molecular formula is C9H10Cl2O. The van der Waals surface area contributed by atoms with Crippen LogP contribution in [0.3, 0.4) is 0 Å². The Bertz CT molecular complexity index is 308. The van der Waals surface area contributed by atoms with E-state index in [9.17, 15) is 0 Å². The molecule has 0 saturated heterocycles. The number of hydrogen-bond acceptors (Lipinski definition) is 1. The number of aryl methyl sites for hydroxylation is 1. The Balaban J connectivity index is 3.39. The predicted molar refractivity (Wildman–Crippen MR) is 52.5 cm³/mol. The highest BCUT2D eigenvalue weighted by Gasteiger charge is 2.09. The Hall–Kier alpha value is -0.400. The van der Waals surface area contributed by atoms with Gasteiger partial charge in [0.1, 0.15) is 5.75 Å². The summed E-state index contributed by atoms with van der Waals surface area (Å²) in [6.45, 7) is 3.80. The minimum Gasteiger partial charge on any atom is -0.495 e. The fraction of sp³-hybridized carbons (Fsp3) is 0.333. The third-order valence-corrected chi connectivity index (χ3v) is 2.84. The summed E-state index contributed by atoms with van der Waals surface area (Å²) in [5.41, 5.74) is 1.85. The van der Waals surface area contributed by atoms with Gasteiger partial charge >= 0.3 is 0 Å². The van der Waals surface area contributed by atoms with Crippen molar-refractivity contribution >= 4 is 23.2 Å². The SMILES string of the molecule is COc1cc(C)c(Cl)c(C)c1Cl. The molecule has 66 valence electrons. The molecule has 3 heteroatoms. The average Bonchev–Trinajstić information content (AvgIpc) is 2.08. The molecular weight excluding hydrogens is 195 g/mol. The first kappa shape index (κ1) is 9.69. The maximum atomic E-state index is 5.97. The molecule has 12 heavy (non-hydrogen) atoms. The van der Waals surface area contributed by atoms with E-state index in [0.717, 1.165) is 11.1 Å². The molecule has 0 aliphatic rings. The van der Waals surface area contributed by atoms with Gasteiger partial charge in [0.25, 0.3) is 0 Å². The zero-order valence-corrected chi connectivity index (χ0v) is 8.75. The van der Waals surface area contributed by atoms with E-state index in [0.29, 0.717) is 15.8 Å². The van der Waals surface area contributed by atoms with E-state index >= 15 is 0 Å². The Morgan fingerprint density at radius 2 is 1.75 bits per heavy atom. The molecule has 0 spiro atoms. The topological polar surface area (TPSA) is 9.23 Å². The van der Waals surface area contributed by atoms with Gasteiger partial charge in [0.2, 0.25) is 0 Å². The van der Waals surface area contributed by atoms with Gasteiger partial charge in [0, 0.05) is 5.02 Å². The zero-order chi connectivity index (χ0) is 9.30. The van der Waals surface area contributed by atoms with Crippen molar-refractivity contribution < 1.29 is 4.74 Å². The molecule has 0 aromatic heterocycles. The summed E-state index contributed by atoms with van der Waals surface area (Å²) < 4.78 is 5.07. The lowest BCUT2D eigenvalue weighted by atomic mass is 10.1. The van der Waals surface area contributed by atoms with Gasteiger partial charge in [0.05, 0.1) is 12.1 Å². The number of halogens is 2. The van der Waals surface area contributed by atoms with E-state index in [4.69, 9.17) is 27.9 Å². The Kier molecular flexibility index (Phi) is 2.86. The highest BCUT2D eigenvalue weighted by molar-refractivity contribution is 6.37. The van der Waals surface area contributed by atoms with Crippen molar-refractivity contribution in [3.8, 4) is 5.75 Å². The largest absolute Gasteiger partial charge is 0.495 e. The number of benzene rings is 1. The number of hydrogen-bond donors (Lipinski definition) is 0. The maximum Gasteiger partial charge on any atom is 0.138 e. The zero-order valence-electron chi connectivity index (χ0n) is 7.24. The van der Waals surface area contributed by atoms with E-state index in [-0.39, 0.29) is 0 Å². The number of rotatable bonds is 1. The molecule has 0 atom stereocenters. The second-order valence-corrected chi connectivity index (χ2v) is 3.40. The van der Waals surface area contributed by atoms with E-state index in [1.54, 1.807) is 7.11 Å². The Morgan fingerprint density at radius 3 is 2.25 bits per heavy atom. The molecule has 1 nitrogen and oxygen atoms in total. The average molecular weight is 205 g/mol. The molecule has 0 saturated carbocycles. The molecule has 0 unspecified atom stereocenters. The molecule has 0 heterocycles. The van der Waals surface area contributed by atoms with Gasteiger partial charge in [-0.15, -0.1) is 0 Å². The van der Waals surface area contributed by atoms with Crippen molar-refractivity contribution in [2.45, 2.75) is 13.8 Å². The van der Waals surface area contributed by atoms with Gasteiger partial charge in [-0.3, -0.25) is 0 Å². The summed E-state index contributed by atoms with van der Waals surface area (Å²) in [5, 5.41) is 1.30. The molecule has 0 amide bonds. The molecule has 1 aromatic rings. The number of methoxy groups -OCH3 is 1. The highest BCUT2D eigenvalue weighted by atomic mass is 35.5. The van der Waals surface area contributed by atoms with Crippen LogP contribution in [0.5, 0.6) is 5.75 Å². The lowest BCUT2D eigenvalue weighted by molar-refractivity contribution is 0.414. The standard InChI is InChI=1S/C9H10Cl2O/c1-5-4-7(12-3)9(11)6(2)8(5)10/h4H,1-3H3. The summed E-state index contributed by atoms with van der Waals surface area (Å²) in [5.74, 6) is 0.677. The Morgan fingerprint density at radius 1 is 1.17 bits per heavy atom. The summed E-state index contributed by atoms with van der Waals surface area (Å²) >= 11 is 11.9. The molecule has 0 bridgehead atoms. The van der Waals surface area contributed by atoms with Crippen LogP contribution in [-0.2, 0) is 0 Å². The van der Waals surface area contributed by atoms with E-state index in [1.807, 2.05) is 19.9 Å². The van der Waals surface area contributed by atoms with Gasteiger partial charge in [-0.2, -0.15) is 0 Å². The van der Waals surface area contributed by atoms with Crippen LogP contribution in [0.25, 0.3) is 0 Å². The summed E-state index contributed by atoms with van der Waals surface area (Å²) in [7, 11) is 1.59. The van der Waals surface area contributed by atoms with Crippen molar-refractivity contribution in [3.05, 3.63) is 27.2 Å². The van der Waals surface area contributed by atoms with Gasteiger partial charge in [-0.1, -0.05) is 23.2 Å². The van der Waals surface area contributed by atoms with Gasteiger partial charge in [-0.05, 0) is 31.0 Å². The highest BCUT2D eigenvalue weighted by Crippen LogP contribution is 2.34. The first-order chi connectivity index (χ1) is 5.57. The van der Waals surface area contributed by atoms with Crippen LogP contribution in [0, 0.1) is 13.8 Å². The van der Waals surface area contributed by atoms with E-state index in [2.05, 4.69) is 0 Å². The molecule has 0 fully saturated rings. The lowest BCUT2D eigenvalue weighted by Crippen LogP contribution is -1.89. The van der Waals surface area contributed by atoms with Crippen LogP contribution < -0.4 is 4.74 Å². The second kappa shape index (κ2) is 3.55. The fourth-order valence-electron chi connectivity index (χ4n) is 1.05. The third kappa shape index (κ3) is 1.52. The fourth-order valence-corrected chi connectivity index (χ4v) is 1.47. The van der Waals surface area contributed by atoms with E-state index < -0.39 is 0 Å². The Labute approximate surface area is 82.2 Å². The van der Waals surface area contributed by atoms with Crippen LogP contribution in [0.15, 0.2) is 6.07 Å². The normalized spacial score (nSPS) is 10.1. The van der Waals surface area contributed by atoms with Crippen molar-refractivity contribution in [2.75, 3.05) is 7.11 Å². The van der Waals surface area contributed by atoms with Gasteiger partial charge in [-0.25, -0.2) is 0 Å². The smallest absolute Gasteiger partial charge is 0.138 e. The van der Waals surface area contributed by atoms with Gasteiger partial charge in [0.15, 0.2) is 0 Å². The quantitative estimate of drug-likeness (QED) is 0.680. The van der Waals surface area contributed by atoms with Gasteiger partial charge < -0.3 is 4.74 Å². The summed E-state index contributed by atoms with van der Waals surface area (Å²) in [6.07, 6.45) is 0. The second-order valence-electron chi connectivity index (χ2n) is 2.65. The van der Waals surface area contributed by atoms with Crippen molar-refractivity contribution in [3.63, 3.8) is 0 Å². The predicted octanol–water partition coefficient (Wildman–Crippen LogP) is 3.62. The first-order valence-electron chi connectivity index (χ1n) is 3.57. The van der Waals surface area contributed by atoms with Crippen molar-refractivity contribution in [1.29, 1.82) is 0 Å². The van der Waals surface area contributed by atoms with Crippen LogP contribution in [0.2, 0.25) is 10.0 Å². The third-order valence-electron chi connectivity index (χ3n) is 1.79. The lowest BCUT2D eigenvalue weighted by Gasteiger charge is -2.09. The molecule has 1 rings (SSSR count). The monoisotopic (exact) mass is 204 g/mol. The minimum absolute atomic E-state index is 0.591. The summed E-state index contributed by atoms with van der Waals surface area (Å²) in [4.78, 5) is 0.